The largest absolute Gasteiger partial charge is 0.497 e. The summed E-state index contributed by atoms with van der Waals surface area (Å²) in [6, 6.07) is 18.9. The van der Waals surface area contributed by atoms with Crippen LogP contribution in [-0.2, 0) is 24.3 Å². The first-order chi connectivity index (χ1) is 17.8. The van der Waals surface area contributed by atoms with Gasteiger partial charge in [0.15, 0.2) is 6.61 Å². The molecule has 0 bridgehead atoms. The van der Waals surface area contributed by atoms with Crippen LogP contribution in [0.3, 0.4) is 0 Å². The smallest absolute Gasteiger partial charge is 0.321 e. The molecule has 1 atom stereocenters. The highest BCUT2D eigenvalue weighted by atomic mass is 32.2. The van der Waals surface area contributed by atoms with Crippen LogP contribution in [0, 0.1) is 0 Å². The number of methoxy groups -OCH3 is 1. The maximum atomic E-state index is 12.9. The Balaban J connectivity index is 1.34. The fourth-order valence-electron chi connectivity index (χ4n) is 3.49. The van der Waals surface area contributed by atoms with Crippen molar-refractivity contribution in [3.63, 3.8) is 0 Å². The summed E-state index contributed by atoms with van der Waals surface area (Å²) in [6.45, 7) is -1.23. The minimum absolute atomic E-state index is 0.508. The van der Waals surface area contributed by atoms with E-state index in [-0.39, 0.29) is 0 Å². The van der Waals surface area contributed by atoms with Gasteiger partial charge in [-0.2, -0.15) is 0 Å². The van der Waals surface area contributed by atoms with Crippen LogP contribution in [0.25, 0.3) is 11.8 Å². The Morgan fingerprint density at radius 2 is 1.84 bits per heavy atom. The van der Waals surface area contributed by atoms with Crippen molar-refractivity contribution in [3.8, 4) is 5.75 Å². The quantitative estimate of drug-likeness (QED) is 0.389. The summed E-state index contributed by atoms with van der Waals surface area (Å²) in [6.07, 6.45) is 4.71. The van der Waals surface area contributed by atoms with Crippen LogP contribution in [0.2, 0.25) is 0 Å². The summed E-state index contributed by atoms with van der Waals surface area (Å²) >= 11 is 0. The van der Waals surface area contributed by atoms with Crippen molar-refractivity contribution in [2.75, 3.05) is 20.3 Å². The molecule has 0 saturated carbocycles. The molecule has 0 radical (unpaired) electrons. The number of benzene rings is 2. The van der Waals surface area contributed by atoms with Crippen LogP contribution >= 0.6 is 0 Å². The predicted molar refractivity (Wildman–Crippen MR) is 136 cm³/mol. The average molecular weight is 524 g/mol. The van der Waals surface area contributed by atoms with Gasteiger partial charge in [-0.15, -0.1) is 0 Å². The first-order valence-corrected chi connectivity index (χ1v) is 12.8. The normalized spacial score (nSPS) is 15.3. The Hall–Kier alpha value is -4.35. The van der Waals surface area contributed by atoms with Gasteiger partial charge in [0.05, 0.1) is 19.1 Å². The monoisotopic (exact) mass is 523 g/mol. The SMILES string of the molecule is COc1ccc(C2=C[C@H](c3ccco3)N(C(=O)COC(=O)CNS(=O)(=O)/C=C/c3ccccc3)N2)cc1. The molecule has 1 aliphatic heterocycles. The van der Waals surface area contributed by atoms with E-state index in [0.717, 1.165) is 11.0 Å². The minimum atomic E-state index is -3.88. The van der Waals surface area contributed by atoms with Gasteiger partial charge in [0.2, 0.25) is 10.0 Å². The number of nitrogens with one attached hydrogen (secondary N) is 2. The second-order valence-electron chi connectivity index (χ2n) is 7.88. The van der Waals surface area contributed by atoms with Crippen molar-refractivity contribution in [1.82, 2.24) is 15.2 Å². The second kappa shape index (κ2) is 11.6. The third-order valence-electron chi connectivity index (χ3n) is 5.36. The van der Waals surface area contributed by atoms with E-state index in [1.54, 1.807) is 55.6 Å². The third kappa shape index (κ3) is 6.87. The molecule has 4 rings (SSSR count). The molecule has 1 amide bonds. The zero-order valence-corrected chi connectivity index (χ0v) is 20.7. The van der Waals surface area contributed by atoms with E-state index in [1.165, 1.54) is 17.3 Å². The molecule has 1 aromatic heterocycles. The van der Waals surface area contributed by atoms with Crippen LogP contribution in [-0.4, -0.2) is 45.6 Å². The Bertz CT molecular complexity index is 1380. The first-order valence-electron chi connectivity index (χ1n) is 11.2. The highest BCUT2D eigenvalue weighted by Crippen LogP contribution is 2.32. The van der Waals surface area contributed by atoms with E-state index in [1.807, 2.05) is 24.3 Å². The molecule has 2 aromatic carbocycles. The third-order valence-corrected chi connectivity index (χ3v) is 6.40. The molecule has 2 heterocycles. The Morgan fingerprint density at radius 3 is 2.51 bits per heavy atom. The maximum Gasteiger partial charge on any atom is 0.321 e. The molecule has 1 aliphatic rings. The number of carbonyl (C=O) groups is 2. The number of furan rings is 1. The van der Waals surface area contributed by atoms with Crippen molar-refractivity contribution < 1.29 is 31.9 Å². The maximum absolute atomic E-state index is 12.9. The number of hydrogen-bond donors (Lipinski definition) is 2. The molecule has 0 unspecified atom stereocenters. The van der Waals surface area contributed by atoms with Crippen LogP contribution in [0.1, 0.15) is 22.9 Å². The summed E-state index contributed by atoms with van der Waals surface area (Å²) < 4.78 is 42.1. The van der Waals surface area contributed by atoms with E-state index in [0.29, 0.717) is 22.8 Å². The molecule has 0 fully saturated rings. The molecule has 0 spiro atoms. The minimum Gasteiger partial charge on any atom is -0.497 e. The molecular formula is C26H25N3O7S. The predicted octanol–water partition coefficient (Wildman–Crippen LogP) is 2.85. The molecule has 192 valence electrons. The van der Waals surface area contributed by atoms with Gasteiger partial charge in [0, 0.05) is 5.41 Å². The van der Waals surface area contributed by atoms with Crippen LogP contribution in [0.5, 0.6) is 5.75 Å². The molecule has 0 saturated heterocycles. The lowest BCUT2D eigenvalue weighted by atomic mass is 10.1. The van der Waals surface area contributed by atoms with E-state index in [4.69, 9.17) is 13.9 Å². The molecule has 37 heavy (non-hydrogen) atoms. The Labute approximate surface area is 214 Å². The number of hydrogen-bond acceptors (Lipinski definition) is 8. The van der Waals surface area contributed by atoms with Crippen LogP contribution < -0.4 is 14.9 Å². The van der Waals surface area contributed by atoms with Crippen molar-refractivity contribution in [2.45, 2.75) is 6.04 Å². The molecule has 0 aliphatic carbocycles. The van der Waals surface area contributed by atoms with Gasteiger partial charge in [0.25, 0.3) is 5.91 Å². The molecule has 10 nitrogen and oxygen atoms in total. The number of sulfonamides is 1. The zero-order chi connectivity index (χ0) is 26.3. The Morgan fingerprint density at radius 1 is 1.08 bits per heavy atom. The van der Waals surface area contributed by atoms with Gasteiger partial charge in [-0.1, -0.05) is 30.3 Å². The number of esters is 1. The van der Waals surface area contributed by atoms with Crippen LogP contribution in [0.15, 0.2) is 88.9 Å². The standard InChI is InChI=1S/C26H25N3O7S/c1-34-21-11-9-20(10-12-21)22-16-23(24-8-5-14-35-24)29(28-22)25(30)18-36-26(31)17-27-37(32,33)15-13-19-6-3-2-4-7-19/h2-16,23,27-28H,17-18H2,1H3/b15-13+/t23-/m1/s1. The fourth-order valence-corrected chi connectivity index (χ4v) is 4.24. The van der Waals surface area contributed by atoms with Gasteiger partial charge in [-0.05, 0) is 59.7 Å². The van der Waals surface area contributed by atoms with Crippen molar-refractivity contribution in [2.24, 2.45) is 0 Å². The Kier molecular flexibility index (Phi) is 8.06. The van der Waals surface area contributed by atoms with Gasteiger partial charge in [-0.3, -0.25) is 15.0 Å². The lowest BCUT2D eigenvalue weighted by Crippen LogP contribution is -2.42. The second-order valence-corrected chi connectivity index (χ2v) is 9.54. The van der Waals surface area contributed by atoms with Crippen molar-refractivity contribution in [3.05, 3.63) is 101 Å². The summed E-state index contributed by atoms with van der Waals surface area (Å²) in [5, 5.41) is 2.24. The van der Waals surface area contributed by atoms with Crippen molar-refractivity contribution >= 4 is 33.7 Å². The van der Waals surface area contributed by atoms with E-state index in [2.05, 4.69) is 10.1 Å². The summed E-state index contributed by atoms with van der Waals surface area (Å²) in [4.78, 5) is 25.1. The first kappa shape index (κ1) is 25.7. The van der Waals surface area contributed by atoms with E-state index < -0.39 is 41.1 Å². The topological polar surface area (TPSA) is 127 Å². The average Bonchev–Trinajstić information content (AvgIpc) is 3.61. The zero-order valence-electron chi connectivity index (χ0n) is 19.9. The van der Waals surface area contributed by atoms with Gasteiger partial charge in [0.1, 0.15) is 24.1 Å². The lowest BCUT2D eigenvalue weighted by molar-refractivity contribution is -0.152. The molecule has 11 heteroatoms. The fraction of sp³-hybridized carbons (Fsp3) is 0.154. The molecular weight excluding hydrogens is 498 g/mol. The van der Waals surface area contributed by atoms with E-state index in [9.17, 15) is 18.0 Å². The summed E-state index contributed by atoms with van der Waals surface area (Å²) in [7, 11) is -2.31. The highest BCUT2D eigenvalue weighted by molar-refractivity contribution is 7.92. The van der Waals surface area contributed by atoms with Crippen LogP contribution in [0.4, 0.5) is 0 Å². The molecule has 3 aromatic rings. The summed E-state index contributed by atoms with van der Waals surface area (Å²) in [5.74, 6) is -0.256. The lowest BCUT2D eigenvalue weighted by Gasteiger charge is -2.23. The van der Waals surface area contributed by atoms with Gasteiger partial charge < -0.3 is 13.9 Å². The number of amides is 1. The number of hydrazine groups is 1. The molecule has 2 N–H and O–H groups in total. The summed E-state index contributed by atoms with van der Waals surface area (Å²) in [5.41, 5.74) is 5.18. The van der Waals surface area contributed by atoms with Crippen molar-refractivity contribution in [1.29, 1.82) is 0 Å². The van der Waals surface area contributed by atoms with E-state index >= 15 is 0 Å². The number of rotatable bonds is 10. The van der Waals surface area contributed by atoms with Gasteiger partial charge in [-0.25, -0.2) is 18.1 Å². The number of carbonyl (C=O) groups excluding carboxylic acids is 2. The highest BCUT2D eigenvalue weighted by Gasteiger charge is 2.33. The van der Waals surface area contributed by atoms with Gasteiger partial charge >= 0.3 is 5.97 Å². The number of ether oxygens (including phenoxy) is 2. The number of nitrogens with zero attached hydrogens (tertiary/aromatic N) is 1.